The van der Waals surface area contributed by atoms with Crippen molar-refractivity contribution in [2.45, 2.75) is 33.6 Å². The number of benzene rings is 1. The molecule has 2 heteroatoms. The minimum atomic E-state index is -0.0776. The molecule has 0 N–H and O–H groups in total. The number of hydrogen-bond donors (Lipinski definition) is 0. The molecule has 0 aliphatic rings. The standard InChI is InChI=1S/C15H18O2/c1-11-4-6-14(7-5-11)8-9-15(17)12(2)10-13(3)16/h4-7,10H,8-9H2,1-3H3/b12-10-. The van der Waals surface area contributed by atoms with E-state index < -0.39 is 0 Å². The van der Waals surface area contributed by atoms with E-state index in [2.05, 4.69) is 0 Å². The highest BCUT2D eigenvalue weighted by Gasteiger charge is 2.05. The summed E-state index contributed by atoms with van der Waals surface area (Å²) in [7, 11) is 0. The number of rotatable bonds is 5. The molecule has 0 aliphatic heterocycles. The molecule has 1 aromatic carbocycles. The third-order valence-corrected chi connectivity index (χ3v) is 2.62. The summed E-state index contributed by atoms with van der Waals surface area (Å²) in [6.07, 6.45) is 2.58. The Hall–Kier alpha value is -1.70. The topological polar surface area (TPSA) is 34.1 Å². The van der Waals surface area contributed by atoms with Crippen LogP contribution in [0, 0.1) is 6.92 Å². The number of aryl methyl sites for hydroxylation is 2. The van der Waals surface area contributed by atoms with Crippen LogP contribution in [0.1, 0.15) is 31.4 Å². The molecule has 0 atom stereocenters. The Morgan fingerprint density at radius 2 is 1.71 bits per heavy atom. The highest BCUT2D eigenvalue weighted by molar-refractivity contribution is 6.01. The van der Waals surface area contributed by atoms with Crippen LogP contribution in [0.3, 0.4) is 0 Å². The summed E-state index contributed by atoms with van der Waals surface area (Å²) in [5.74, 6) is -0.0352. The van der Waals surface area contributed by atoms with Gasteiger partial charge in [0.05, 0.1) is 0 Å². The van der Waals surface area contributed by atoms with E-state index in [0.717, 1.165) is 12.0 Å². The summed E-state index contributed by atoms with van der Waals surface area (Å²) in [6, 6.07) is 8.15. The van der Waals surface area contributed by atoms with Gasteiger partial charge in [-0.15, -0.1) is 0 Å². The lowest BCUT2D eigenvalue weighted by molar-refractivity contribution is -0.116. The van der Waals surface area contributed by atoms with Crippen molar-refractivity contribution in [2.75, 3.05) is 0 Å². The maximum atomic E-state index is 11.7. The Bertz CT molecular complexity index is 438. The van der Waals surface area contributed by atoms with Crippen molar-refractivity contribution in [1.29, 1.82) is 0 Å². The first-order valence-corrected chi connectivity index (χ1v) is 5.76. The van der Waals surface area contributed by atoms with Crippen molar-refractivity contribution in [3.63, 3.8) is 0 Å². The normalized spacial score (nSPS) is 11.4. The zero-order valence-electron chi connectivity index (χ0n) is 10.6. The molecule has 0 aliphatic carbocycles. The molecule has 17 heavy (non-hydrogen) atoms. The SMILES string of the molecule is CC(=O)/C=C(/C)C(=O)CCc1ccc(C)cc1. The van der Waals surface area contributed by atoms with E-state index in [-0.39, 0.29) is 11.6 Å². The van der Waals surface area contributed by atoms with E-state index in [1.165, 1.54) is 18.6 Å². The van der Waals surface area contributed by atoms with Crippen molar-refractivity contribution >= 4 is 11.6 Å². The van der Waals surface area contributed by atoms with Gasteiger partial charge in [0.2, 0.25) is 0 Å². The third kappa shape index (κ3) is 4.77. The van der Waals surface area contributed by atoms with Gasteiger partial charge in [0, 0.05) is 6.42 Å². The maximum absolute atomic E-state index is 11.7. The predicted octanol–water partition coefficient (Wildman–Crippen LogP) is 3.03. The van der Waals surface area contributed by atoms with Crippen molar-refractivity contribution in [2.24, 2.45) is 0 Å². The average molecular weight is 230 g/mol. The highest BCUT2D eigenvalue weighted by Crippen LogP contribution is 2.08. The minimum absolute atomic E-state index is 0.0424. The van der Waals surface area contributed by atoms with Gasteiger partial charge < -0.3 is 0 Å². The molecule has 0 saturated heterocycles. The van der Waals surface area contributed by atoms with E-state index in [1.807, 2.05) is 31.2 Å². The zero-order chi connectivity index (χ0) is 12.8. The van der Waals surface area contributed by atoms with Crippen LogP contribution in [0.15, 0.2) is 35.9 Å². The van der Waals surface area contributed by atoms with Crippen LogP contribution >= 0.6 is 0 Å². The van der Waals surface area contributed by atoms with Gasteiger partial charge in [-0.1, -0.05) is 29.8 Å². The van der Waals surface area contributed by atoms with Crippen molar-refractivity contribution in [3.8, 4) is 0 Å². The van der Waals surface area contributed by atoms with Crippen LogP contribution in [0.4, 0.5) is 0 Å². The van der Waals surface area contributed by atoms with Gasteiger partial charge in [0.25, 0.3) is 0 Å². The van der Waals surface area contributed by atoms with Gasteiger partial charge in [-0.05, 0) is 44.4 Å². The molecule has 1 aromatic rings. The third-order valence-electron chi connectivity index (χ3n) is 2.62. The first-order valence-electron chi connectivity index (χ1n) is 5.76. The van der Waals surface area contributed by atoms with E-state index in [4.69, 9.17) is 0 Å². The van der Waals surface area contributed by atoms with Crippen LogP contribution in [0.2, 0.25) is 0 Å². The molecule has 0 unspecified atom stereocenters. The number of carbonyl (C=O) groups is 2. The molecule has 0 amide bonds. The summed E-state index contributed by atoms with van der Waals surface area (Å²) >= 11 is 0. The molecule has 0 aromatic heterocycles. The van der Waals surface area contributed by atoms with Gasteiger partial charge in [-0.2, -0.15) is 0 Å². The van der Waals surface area contributed by atoms with Gasteiger partial charge >= 0.3 is 0 Å². The van der Waals surface area contributed by atoms with Crippen LogP contribution in [-0.4, -0.2) is 11.6 Å². The number of carbonyl (C=O) groups excluding carboxylic acids is 2. The first kappa shape index (κ1) is 13.4. The molecular weight excluding hydrogens is 212 g/mol. The fourth-order valence-corrected chi connectivity index (χ4v) is 1.60. The fourth-order valence-electron chi connectivity index (χ4n) is 1.60. The predicted molar refractivity (Wildman–Crippen MR) is 68.9 cm³/mol. The lowest BCUT2D eigenvalue weighted by atomic mass is 10.0. The van der Waals surface area contributed by atoms with Crippen LogP contribution in [0.25, 0.3) is 0 Å². The number of Topliss-reactive ketones (excluding diaryl/α,β-unsaturated/α-hetero) is 1. The largest absolute Gasteiger partial charge is 0.295 e. The summed E-state index contributed by atoms with van der Waals surface area (Å²) in [4.78, 5) is 22.5. The Kier molecular flexibility index (Phi) is 4.83. The van der Waals surface area contributed by atoms with E-state index in [0.29, 0.717) is 12.0 Å². The van der Waals surface area contributed by atoms with Crippen LogP contribution in [-0.2, 0) is 16.0 Å². The molecule has 90 valence electrons. The smallest absolute Gasteiger partial charge is 0.159 e. The van der Waals surface area contributed by atoms with E-state index in [1.54, 1.807) is 6.92 Å². The van der Waals surface area contributed by atoms with E-state index in [9.17, 15) is 9.59 Å². The minimum Gasteiger partial charge on any atom is -0.295 e. The van der Waals surface area contributed by atoms with Crippen molar-refractivity contribution in [1.82, 2.24) is 0 Å². The molecule has 2 nitrogen and oxygen atoms in total. The van der Waals surface area contributed by atoms with Crippen LogP contribution in [0.5, 0.6) is 0 Å². The number of hydrogen-bond acceptors (Lipinski definition) is 2. The van der Waals surface area contributed by atoms with Gasteiger partial charge in [-0.3, -0.25) is 9.59 Å². The molecule has 0 saturated carbocycles. The Labute approximate surface area is 102 Å². The summed E-state index contributed by atoms with van der Waals surface area (Å²) < 4.78 is 0. The van der Waals surface area contributed by atoms with Crippen molar-refractivity contribution < 1.29 is 9.59 Å². The Morgan fingerprint density at radius 3 is 2.24 bits per heavy atom. The number of allylic oxidation sites excluding steroid dienone is 2. The lowest BCUT2D eigenvalue weighted by Crippen LogP contribution is -2.03. The van der Waals surface area contributed by atoms with Crippen LogP contribution < -0.4 is 0 Å². The quantitative estimate of drug-likeness (QED) is 0.729. The molecule has 0 radical (unpaired) electrons. The Morgan fingerprint density at radius 1 is 1.12 bits per heavy atom. The van der Waals surface area contributed by atoms with E-state index >= 15 is 0 Å². The zero-order valence-corrected chi connectivity index (χ0v) is 10.6. The first-order chi connectivity index (χ1) is 7.99. The van der Waals surface area contributed by atoms with Gasteiger partial charge in [0.1, 0.15) is 0 Å². The summed E-state index contributed by atoms with van der Waals surface area (Å²) in [6.45, 7) is 5.18. The molecule has 1 rings (SSSR count). The fraction of sp³-hybridized carbons (Fsp3) is 0.333. The second kappa shape index (κ2) is 6.14. The summed E-state index contributed by atoms with van der Waals surface area (Å²) in [5.41, 5.74) is 2.91. The summed E-state index contributed by atoms with van der Waals surface area (Å²) in [5, 5.41) is 0. The molecule has 0 fully saturated rings. The van der Waals surface area contributed by atoms with Gasteiger partial charge in [0.15, 0.2) is 11.6 Å². The van der Waals surface area contributed by atoms with Gasteiger partial charge in [-0.25, -0.2) is 0 Å². The lowest BCUT2D eigenvalue weighted by Gasteiger charge is -2.02. The molecule has 0 bridgehead atoms. The second-order valence-electron chi connectivity index (χ2n) is 4.35. The molecule has 0 spiro atoms. The maximum Gasteiger partial charge on any atom is 0.159 e. The van der Waals surface area contributed by atoms with Crippen molar-refractivity contribution in [3.05, 3.63) is 47.0 Å². The average Bonchev–Trinajstić information content (AvgIpc) is 2.27. The monoisotopic (exact) mass is 230 g/mol. The molecule has 0 heterocycles. The Balaban J connectivity index is 2.54. The molecular formula is C15H18O2. The second-order valence-corrected chi connectivity index (χ2v) is 4.35. The highest BCUT2D eigenvalue weighted by atomic mass is 16.1. The number of ketones is 2.